The topological polar surface area (TPSA) is 33.0 Å². The monoisotopic (exact) mass is 173 g/mol. The molecular weight excluding hydrogens is 162 g/mol. The van der Waals surface area contributed by atoms with Crippen LogP contribution in [0.4, 0.5) is 0 Å². The Morgan fingerprint density at radius 3 is 2.85 bits per heavy atom. The minimum atomic E-state index is 0.226. The normalized spacial score (nSPS) is 24.7. The summed E-state index contributed by atoms with van der Waals surface area (Å²) in [6, 6.07) is 7.73. The summed E-state index contributed by atoms with van der Waals surface area (Å²) in [7, 11) is 0. The van der Waals surface area contributed by atoms with Gasteiger partial charge in [-0.3, -0.25) is 0 Å². The van der Waals surface area contributed by atoms with E-state index in [4.69, 9.17) is 10.00 Å². The average molecular weight is 173 g/mol. The molecule has 0 spiro atoms. The van der Waals surface area contributed by atoms with Crippen LogP contribution < -0.4 is 4.74 Å². The summed E-state index contributed by atoms with van der Waals surface area (Å²) in [5.41, 5.74) is 1.87. The van der Waals surface area contributed by atoms with Crippen LogP contribution in [-0.2, 0) is 0 Å². The zero-order valence-electron chi connectivity index (χ0n) is 7.74. The van der Waals surface area contributed by atoms with Crippen molar-refractivity contribution < 1.29 is 4.74 Å². The van der Waals surface area contributed by atoms with Gasteiger partial charge in [-0.15, -0.1) is 0 Å². The van der Waals surface area contributed by atoms with E-state index in [1.54, 1.807) is 6.07 Å². The fraction of sp³-hybridized carbons (Fsp3) is 0.364. The summed E-state index contributed by atoms with van der Waals surface area (Å²) in [6.07, 6.45) is 0.226. The molecule has 0 aliphatic carbocycles. The van der Waals surface area contributed by atoms with Crippen molar-refractivity contribution in [2.24, 2.45) is 0 Å². The summed E-state index contributed by atoms with van der Waals surface area (Å²) in [5, 5.41) is 8.73. The zero-order chi connectivity index (χ0) is 9.42. The van der Waals surface area contributed by atoms with Crippen molar-refractivity contribution in [3.63, 3.8) is 0 Å². The van der Waals surface area contributed by atoms with E-state index < -0.39 is 0 Å². The van der Waals surface area contributed by atoms with Crippen molar-refractivity contribution in [1.29, 1.82) is 5.26 Å². The Kier molecular flexibility index (Phi) is 1.73. The molecule has 0 bridgehead atoms. The second-order valence-corrected chi connectivity index (χ2v) is 3.48. The summed E-state index contributed by atoms with van der Waals surface area (Å²) in [5.74, 6) is 1.32. The highest BCUT2D eigenvalue weighted by molar-refractivity contribution is 5.46. The molecule has 2 unspecified atom stereocenters. The molecule has 0 amide bonds. The molecule has 2 nitrogen and oxygen atoms in total. The highest BCUT2D eigenvalue weighted by Crippen LogP contribution is 2.37. The maximum absolute atomic E-state index is 8.73. The molecule has 0 saturated carbocycles. The number of nitriles is 1. The van der Waals surface area contributed by atoms with Gasteiger partial charge in [0.1, 0.15) is 11.9 Å². The van der Waals surface area contributed by atoms with Crippen LogP contribution in [0.1, 0.15) is 30.9 Å². The predicted octanol–water partition coefficient (Wildman–Crippen LogP) is 2.44. The first-order valence-corrected chi connectivity index (χ1v) is 4.43. The number of ether oxygens (including phenoxy) is 1. The van der Waals surface area contributed by atoms with E-state index in [-0.39, 0.29) is 6.10 Å². The molecule has 1 aliphatic heterocycles. The van der Waals surface area contributed by atoms with Crippen molar-refractivity contribution >= 4 is 0 Å². The number of nitrogens with zero attached hydrogens (tertiary/aromatic N) is 1. The maximum Gasteiger partial charge on any atom is 0.123 e. The van der Waals surface area contributed by atoms with E-state index in [1.807, 2.05) is 12.1 Å². The van der Waals surface area contributed by atoms with Gasteiger partial charge in [-0.2, -0.15) is 5.26 Å². The Morgan fingerprint density at radius 1 is 1.38 bits per heavy atom. The van der Waals surface area contributed by atoms with Crippen LogP contribution >= 0.6 is 0 Å². The van der Waals surface area contributed by atoms with Crippen molar-refractivity contribution in [3.8, 4) is 11.8 Å². The van der Waals surface area contributed by atoms with Gasteiger partial charge in [0.15, 0.2) is 0 Å². The van der Waals surface area contributed by atoms with Crippen LogP contribution in [0.3, 0.4) is 0 Å². The number of fused-ring (bicyclic) bond motifs is 1. The Balaban J connectivity index is 2.49. The molecule has 2 rings (SSSR count). The number of rotatable bonds is 0. The third-order valence-electron chi connectivity index (χ3n) is 2.65. The third-order valence-corrected chi connectivity index (χ3v) is 2.65. The van der Waals surface area contributed by atoms with Gasteiger partial charge in [-0.05, 0) is 25.1 Å². The van der Waals surface area contributed by atoms with Crippen molar-refractivity contribution in [3.05, 3.63) is 29.3 Å². The smallest absolute Gasteiger partial charge is 0.123 e. The van der Waals surface area contributed by atoms with Gasteiger partial charge in [-0.25, -0.2) is 0 Å². The molecular formula is C11H11NO. The number of benzene rings is 1. The summed E-state index contributed by atoms with van der Waals surface area (Å²) in [4.78, 5) is 0. The molecule has 2 heteroatoms. The lowest BCUT2D eigenvalue weighted by Gasteiger charge is -2.07. The molecule has 2 atom stereocenters. The van der Waals surface area contributed by atoms with Crippen LogP contribution in [0.15, 0.2) is 18.2 Å². The van der Waals surface area contributed by atoms with Gasteiger partial charge >= 0.3 is 0 Å². The fourth-order valence-electron chi connectivity index (χ4n) is 1.64. The molecule has 0 fully saturated rings. The Bertz CT molecular complexity index is 378. The molecule has 1 aromatic carbocycles. The largest absolute Gasteiger partial charge is 0.490 e. The van der Waals surface area contributed by atoms with E-state index in [1.165, 1.54) is 0 Å². The summed E-state index contributed by atoms with van der Waals surface area (Å²) in [6.45, 7) is 4.17. The van der Waals surface area contributed by atoms with Gasteiger partial charge in [-0.1, -0.05) is 6.92 Å². The molecule has 0 aromatic heterocycles. The minimum Gasteiger partial charge on any atom is -0.490 e. The Hall–Kier alpha value is -1.49. The van der Waals surface area contributed by atoms with Gasteiger partial charge in [0.2, 0.25) is 0 Å². The van der Waals surface area contributed by atoms with Gasteiger partial charge in [0.05, 0.1) is 11.6 Å². The summed E-state index contributed by atoms with van der Waals surface area (Å²) < 4.78 is 5.61. The molecule has 0 N–H and O–H groups in total. The SMILES string of the molecule is CC1Oc2ccc(C#N)cc2C1C. The van der Waals surface area contributed by atoms with Crippen molar-refractivity contribution in [1.82, 2.24) is 0 Å². The van der Waals surface area contributed by atoms with Crippen molar-refractivity contribution in [2.75, 3.05) is 0 Å². The van der Waals surface area contributed by atoms with Gasteiger partial charge in [0.25, 0.3) is 0 Å². The Morgan fingerprint density at radius 2 is 2.15 bits per heavy atom. The first-order valence-electron chi connectivity index (χ1n) is 4.43. The first kappa shape index (κ1) is 8.12. The quantitative estimate of drug-likeness (QED) is 0.603. The predicted molar refractivity (Wildman–Crippen MR) is 49.7 cm³/mol. The minimum absolute atomic E-state index is 0.226. The molecule has 13 heavy (non-hydrogen) atoms. The van der Waals surface area contributed by atoms with E-state index in [9.17, 15) is 0 Å². The number of hydrogen-bond donors (Lipinski definition) is 0. The second-order valence-electron chi connectivity index (χ2n) is 3.48. The van der Waals surface area contributed by atoms with E-state index in [0.717, 1.165) is 11.3 Å². The van der Waals surface area contributed by atoms with Crippen molar-refractivity contribution in [2.45, 2.75) is 25.9 Å². The van der Waals surface area contributed by atoms with Gasteiger partial charge in [0, 0.05) is 11.5 Å². The summed E-state index contributed by atoms with van der Waals surface area (Å²) >= 11 is 0. The standard InChI is InChI=1S/C11H11NO/c1-7-8(2)13-11-4-3-9(6-12)5-10(7)11/h3-5,7-8H,1-2H3. The fourth-order valence-corrected chi connectivity index (χ4v) is 1.64. The van der Waals surface area contributed by atoms with Crippen LogP contribution in [0.25, 0.3) is 0 Å². The van der Waals surface area contributed by atoms with Gasteiger partial charge < -0.3 is 4.74 Å². The Labute approximate surface area is 77.8 Å². The highest BCUT2D eigenvalue weighted by atomic mass is 16.5. The van der Waals surface area contributed by atoms with E-state index >= 15 is 0 Å². The average Bonchev–Trinajstić information content (AvgIpc) is 2.43. The zero-order valence-corrected chi connectivity index (χ0v) is 7.74. The lowest BCUT2D eigenvalue weighted by molar-refractivity contribution is 0.232. The van der Waals surface area contributed by atoms with Crippen LogP contribution in [0.5, 0.6) is 5.75 Å². The molecule has 0 radical (unpaired) electrons. The second kappa shape index (κ2) is 2.77. The maximum atomic E-state index is 8.73. The number of hydrogen-bond acceptors (Lipinski definition) is 2. The van der Waals surface area contributed by atoms with E-state index in [0.29, 0.717) is 11.5 Å². The lowest BCUT2D eigenvalue weighted by Crippen LogP contribution is -2.10. The van der Waals surface area contributed by atoms with E-state index in [2.05, 4.69) is 19.9 Å². The molecule has 1 aliphatic rings. The van der Waals surface area contributed by atoms with Crippen LogP contribution in [0.2, 0.25) is 0 Å². The third kappa shape index (κ3) is 1.17. The molecule has 66 valence electrons. The van der Waals surface area contributed by atoms with Crippen LogP contribution in [-0.4, -0.2) is 6.10 Å². The first-order chi connectivity index (χ1) is 6.22. The van der Waals surface area contributed by atoms with Crippen LogP contribution in [0, 0.1) is 11.3 Å². The molecule has 1 aromatic rings. The molecule has 0 saturated heterocycles. The molecule has 1 heterocycles. The lowest BCUT2D eigenvalue weighted by atomic mass is 9.97. The highest BCUT2D eigenvalue weighted by Gasteiger charge is 2.27.